The lowest BCUT2D eigenvalue weighted by Crippen LogP contribution is -2.26. The van der Waals surface area contributed by atoms with Gasteiger partial charge >= 0.3 is 0 Å². The predicted molar refractivity (Wildman–Crippen MR) is 122 cm³/mol. The Morgan fingerprint density at radius 1 is 1.20 bits per heavy atom. The van der Waals surface area contributed by atoms with E-state index in [4.69, 9.17) is 9.84 Å². The molecule has 2 aromatic carbocycles. The van der Waals surface area contributed by atoms with Crippen molar-refractivity contribution in [3.63, 3.8) is 0 Å². The predicted octanol–water partition coefficient (Wildman–Crippen LogP) is 5.52. The average molecular weight is 537 g/mol. The number of aromatic nitrogens is 2. The van der Waals surface area contributed by atoms with Gasteiger partial charge in [-0.2, -0.15) is 5.10 Å². The fourth-order valence-corrected chi connectivity index (χ4v) is 5.31. The molecule has 0 bridgehead atoms. The Kier molecular flexibility index (Phi) is 5.72. The zero-order valence-corrected chi connectivity index (χ0v) is 19.2. The van der Waals surface area contributed by atoms with Crippen molar-refractivity contribution in [1.82, 2.24) is 15.1 Å². The van der Waals surface area contributed by atoms with E-state index >= 15 is 0 Å². The summed E-state index contributed by atoms with van der Waals surface area (Å²) in [6, 6.07) is 10.8. The highest BCUT2D eigenvalue weighted by Gasteiger charge is 2.25. The Morgan fingerprint density at radius 3 is 2.83 bits per heavy atom. The van der Waals surface area contributed by atoms with Crippen molar-refractivity contribution in [2.45, 2.75) is 54.2 Å². The molecule has 2 fully saturated rings. The zero-order chi connectivity index (χ0) is 20.7. The van der Waals surface area contributed by atoms with Crippen LogP contribution in [0.3, 0.4) is 0 Å². The maximum absolute atomic E-state index is 13.9. The molecule has 156 valence electrons. The van der Waals surface area contributed by atoms with E-state index in [9.17, 15) is 9.18 Å². The highest BCUT2D eigenvalue weighted by molar-refractivity contribution is 14.1. The van der Waals surface area contributed by atoms with Gasteiger partial charge in [-0.15, -0.1) is 0 Å². The van der Waals surface area contributed by atoms with Gasteiger partial charge in [-0.25, -0.2) is 9.07 Å². The summed E-state index contributed by atoms with van der Waals surface area (Å²) in [7, 11) is 0. The second kappa shape index (κ2) is 8.47. The zero-order valence-electron chi connectivity index (χ0n) is 16.2. The molecule has 1 aromatic heterocycles. The van der Waals surface area contributed by atoms with Gasteiger partial charge in [0.1, 0.15) is 9.52 Å². The summed E-state index contributed by atoms with van der Waals surface area (Å²) in [5.74, 6) is -0.617. The van der Waals surface area contributed by atoms with Crippen LogP contribution in [0.5, 0.6) is 0 Å². The largest absolute Gasteiger partial charge is 0.356 e. The number of hydrogen-bond donors (Lipinski definition) is 1. The second-order valence-electron chi connectivity index (χ2n) is 7.73. The summed E-state index contributed by atoms with van der Waals surface area (Å²) in [5, 5.41) is 8.76. The summed E-state index contributed by atoms with van der Waals surface area (Å²) in [4.78, 5) is 14.3. The molecule has 1 unspecified atom stereocenters. The number of fused-ring (bicyclic) bond motifs is 1. The summed E-state index contributed by atoms with van der Waals surface area (Å²) in [5.41, 5.74) is 1.40. The number of hydrogen-bond acceptors (Lipinski definition) is 4. The minimum atomic E-state index is -0.405. The van der Waals surface area contributed by atoms with Gasteiger partial charge in [-0.05, 0) is 91.1 Å². The van der Waals surface area contributed by atoms with E-state index in [1.807, 2.05) is 10.7 Å². The molecule has 3 aromatic rings. The molecule has 8 heteroatoms. The van der Waals surface area contributed by atoms with Gasteiger partial charge in [0.05, 0.1) is 11.1 Å². The molecule has 0 spiro atoms. The van der Waals surface area contributed by atoms with Crippen molar-refractivity contribution in [1.29, 1.82) is 0 Å². The molecule has 1 aliphatic heterocycles. The van der Waals surface area contributed by atoms with Crippen LogP contribution in [0.1, 0.15) is 48.7 Å². The summed E-state index contributed by atoms with van der Waals surface area (Å²) < 4.78 is 22.7. The highest BCUT2D eigenvalue weighted by Crippen LogP contribution is 2.36. The molecule has 1 saturated heterocycles. The van der Waals surface area contributed by atoms with E-state index in [1.54, 1.807) is 6.07 Å². The molecular formula is C22H21FIN3O2S. The maximum Gasteiger partial charge on any atom is 0.252 e. The summed E-state index contributed by atoms with van der Waals surface area (Å²) in [6.45, 7) is 0.756. The average Bonchev–Trinajstić information content (AvgIpc) is 3.51. The van der Waals surface area contributed by atoms with Crippen molar-refractivity contribution >= 4 is 51.2 Å². The van der Waals surface area contributed by atoms with Crippen molar-refractivity contribution in [2.75, 3.05) is 6.61 Å². The van der Waals surface area contributed by atoms with Gasteiger partial charge in [0, 0.05) is 27.8 Å². The number of amides is 1. The van der Waals surface area contributed by atoms with Crippen LogP contribution in [-0.4, -0.2) is 28.3 Å². The van der Waals surface area contributed by atoms with E-state index in [1.165, 1.54) is 23.9 Å². The Labute approximate surface area is 191 Å². The number of carbonyl (C=O) groups is 1. The molecular weight excluding hydrogens is 516 g/mol. The number of halogens is 2. The van der Waals surface area contributed by atoms with Crippen LogP contribution >= 0.6 is 34.4 Å². The van der Waals surface area contributed by atoms with Gasteiger partial charge in [-0.3, -0.25) is 4.79 Å². The molecule has 5 rings (SSSR count). The first-order valence-corrected chi connectivity index (χ1v) is 12.1. The second-order valence-corrected chi connectivity index (χ2v) is 9.86. The van der Waals surface area contributed by atoms with E-state index in [0.717, 1.165) is 63.1 Å². The third kappa shape index (κ3) is 4.22. The third-order valence-corrected chi connectivity index (χ3v) is 7.25. The standard InChI is InChI=1S/C22H21FIN3O2S/c23-13-4-9-19(17(11-13)22(28)25-14-5-6-14)30-15-7-8-16-18(12-15)27(26-21(16)24)20-3-1-2-10-29-20/h4,7-9,11-12,14,20H,1-3,5-6,10H2,(H,25,28). The summed E-state index contributed by atoms with van der Waals surface area (Å²) >= 11 is 3.72. The molecule has 1 aliphatic carbocycles. The fraction of sp³-hybridized carbons (Fsp3) is 0.364. The van der Waals surface area contributed by atoms with Gasteiger partial charge < -0.3 is 10.1 Å². The maximum atomic E-state index is 13.9. The van der Waals surface area contributed by atoms with E-state index < -0.39 is 5.82 Å². The number of carbonyl (C=O) groups excluding carboxylic acids is 1. The third-order valence-electron chi connectivity index (χ3n) is 5.39. The SMILES string of the molecule is O=C(NC1CC1)c1cc(F)ccc1Sc1ccc2c(I)nn(C3CCCCO3)c2c1. The van der Waals surface area contributed by atoms with Crippen molar-refractivity contribution in [3.8, 4) is 0 Å². The number of ether oxygens (including phenoxy) is 1. The fourth-order valence-electron chi connectivity index (χ4n) is 3.66. The topological polar surface area (TPSA) is 56.2 Å². The lowest BCUT2D eigenvalue weighted by Gasteiger charge is -2.23. The number of rotatable bonds is 5. The van der Waals surface area contributed by atoms with Crippen LogP contribution in [0.2, 0.25) is 0 Å². The molecule has 1 amide bonds. The van der Waals surface area contributed by atoms with Gasteiger partial charge in [0.2, 0.25) is 0 Å². The first-order chi connectivity index (χ1) is 14.6. The molecule has 2 heterocycles. The molecule has 0 radical (unpaired) electrons. The number of nitrogens with zero attached hydrogens (tertiary/aromatic N) is 2. The lowest BCUT2D eigenvalue weighted by atomic mass is 10.2. The van der Waals surface area contributed by atoms with Crippen LogP contribution < -0.4 is 5.32 Å². The molecule has 5 nitrogen and oxygen atoms in total. The lowest BCUT2D eigenvalue weighted by molar-refractivity contribution is -0.0368. The van der Waals surface area contributed by atoms with Gasteiger partial charge in [0.15, 0.2) is 6.23 Å². The minimum absolute atomic E-state index is 0.0456. The van der Waals surface area contributed by atoms with Crippen molar-refractivity contribution in [2.24, 2.45) is 0 Å². The van der Waals surface area contributed by atoms with Crippen LogP contribution in [0.15, 0.2) is 46.2 Å². The first-order valence-electron chi connectivity index (χ1n) is 10.2. The Balaban J connectivity index is 1.47. The minimum Gasteiger partial charge on any atom is -0.356 e. The molecule has 30 heavy (non-hydrogen) atoms. The van der Waals surface area contributed by atoms with E-state index in [2.05, 4.69) is 40.0 Å². The monoisotopic (exact) mass is 537 g/mol. The van der Waals surface area contributed by atoms with E-state index in [0.29, 0.717) is 5.56 Å². The molecule has 2 aliphatic rings. The quantitative estimate of drug-likeness (QED) is 0.436. The van der Waals surface area contributed by atoms with Gasteiger partial charge in [-0.1, -0.05) is 11.8 Å². The molecule has 1 saturated carbocycles. The highest BCUT2D eigenvalue weighted by atomic mass is 127. The first kappa shape index (κ1) is 20.3. The van der Waals surface area contributed by atoms with Crippen LogP contribution in [0.25, 0.3) is 10.9 Å². The molecule has 1 N–H and O–H groups in total. The number of nitrogens with one attached hydrogen (secondary N) is 1. The van der Waals surface area contributed by atoms with E-state index in [-0.39, 0.29) is 18.2 Å². The molecule has 1 atom stereocenters. The smallest absolute Gasteiger partial charge is 0.252 e. The van der Waals surface area contributed by atoms with Crippen LogP contribution in [0.4, 0.5) is 4.39 Å². The van der Waals surface area contributed by atoms with Crippen LogP contribution in [-0.2, 0) is 4.74 Å². The normalized spacial score (nSPS) is 19.2. The summed E-state index contributed by atoms with van der Waals surface area (Å²) in [6.07, 6.45) is 5.11. The van der Waals surface area contributed by atoms with Crippen molar-refractivity contribution in [3.05, 3.63) is 51.5 Å². The Bertz CT molecular complexity index is 1110. The van der Waals surface area contributed by atoms with Crippen LogP contribution in [0, 0.1) is 9.52 Å². The number of benzene rings is 2. The Hall–Kier alpha value is -1.65. The van der Waals surface area contributed by atoms with Gasteiger partial charge in [0.25, 0.3) is 5.91 Å². The van der Waals surface area contributed by atoms with Crippen molar-refractivity contribution < 1.29 is 13.9 Å². The Morgan fingerprint density at radius 2 is 2.07 bits per heavy atom.